The predicted molar refractivity (Wildman–Crippen MR) is 59.7 cm³/mol. The molecular formula is C10H16N4O2. The third kappa shape index (κ3) is 3.38. The first-order valence-corrected chi connectivity index (χ1v) is 5.07. The molecule has 3 N–H and O–H groups in total. The van der Waals surface area contributed by atoms with Crippen LogP contribution < -0.4 is 10.6 Å². The van der Waals surface area contributed by atoms with Gasteiger partial charge in [0, 0.05) is 13.1 Å². The zero-order valence-electron chi connectivity index (χ0n) is 9.57. The first-order valence-electron chi connectivity index (χ1n) is 5.07. The van der Waals surface area contributed by atoms with Crippen molar-refractivity contribution in [3.05, 3.63) is 12.4 Å². The van der Waals surface area contributed by atoms with E-state index < -0.39 is 6.04 Å². The number of H-pyrrole nitrogens is 1. The van der Waals surface area contributed by atoms with E-state index in [2.05, 4.69) is 20.8 Å². The molecule has 16 heavy (non-hydrogen) atoms. The van der Waals surface area contributed by atoms with Crippen molar-refractivity contribution in [2.75, 3.05) is 5.32 Å². The average Bonchev–Trinajstić information content (AvgIpc) is 2.65. The molecule has 1 heterocycles. The van der Waals surface area contributed by atoms with Crippen LogP contribution in [0.3, 0.4) is 0 Å². The summed E-state index contributed by atoms with van der Waals surface area (Å²) in [6.07, 6.45) is 3.08. The second-order valence-electron chi connectivity index (χ2n) is 3.90. The van der Waals surface area contributed by atoms with Gasteiger partial charge in [-0.15, -0.1) is 0 Å². The third-order valence-electron chi connectivity index (χ3n) is 2.07. The van der Waals surface area contributed by atoms with Crippen molar-refractivity contribution < 1.29 is 9.59 Å². The minimum atomic E-state index is -0.535. The van der Waals surface area contributed by atoms with Crippen molar-refractivity contribution in [3.8, 4) is 0 Å². The number of amides is 2. The summed E-state index contributed by atoms with van der Waals surface area (Å²) >= 11 is 0. The lowest BCUT2D eigenvalue weighted by Crippen LogP contribution is -2.46. The number of aromatic amines is 1. The van der Waals surface area contributed by atoms with Crippen LogP contribution >= 0.6 is 0 Å². The highest BCUT2D eigenvalue weighted by molar-refractivity contribution is 5.96. The maximum absolute atomic E-state index is 11.8. The number of aromatic nitrogens is 2. The Bertz CT molecular complexity index is 359. The number of rotatable bonds is 4. The second-order valence-corrected chi connectivity index (χ2v) is 3.90. The monoisotopic (exact) mass is 224 g/mol. The Labute approximate surface area is 93.8 Å². The normalized spacial score (nSPS) is 12.2. The Morgan fingerprint density at radius 3 is 2.56 bits per heavy atom. The van der Waals surface area contributed by atoms with E-state index in [1.807, 2.05) is 13.8 Å². The highest BCUT2D eigenvalue weighted by Crippen LogP contribution is 2.07. The van der Waals surface area contributed by atoms with Gasteiger partial charge in [-0.2, -0.15) is 5.10 Å². The number of hydrogen-bond acceptors (Lipinski definition) is 3. The lowest BCUT2D eigenvalue weighted by Gasteiger charge is -2.20. The molecule has 88 valence electrons. The summed E-state index contributed by atoms with van der Waals surface area (Å²) in [4.78, 5) is 22.8. The zero-order valence-corrected chi connectivity index (χ0v) is 9.57. The van der Waals surface area contributed by atoms with E-state index in [4.69, 9.17) is 0 Å². The number of nitrogens with one attached hydrogen (secondary N) is 3. The van der Waals surface area contributed by atoms with Gasteiger partial charge in [-0.3, -0.25) is 14.7 Å². The Kier molecular flexibility index (Phi) is 4.04. The SMILES string of the molecule is CC(=O)NC(C(=O)Nc1cn[nH]c1)C(C)C. The molecule has 1 unspecified atom stereocenters. The zero-order chi connectivity index (χ0) is 12.1. The Morgan fingerprint density at radius 2 is 2.12 bits per heavy atom. The summed E-state index contributed by atoms with van der Waals surface area (Å²) in [5, 5.41) is 11.6. The molecule has 0 radical (unpaired) electrons. The molecule has 0 aliphatic heterocycles. The van der Waals surface area contributed by atoms with Crippen LogP contribution in [0.2, 0.25) is 0 Å². The van der Waals surface area contributed by atoms with Gasteiger partial charge in [0.15, 0.2) is 0 Å². The number of nitrogens with zero attached hydrogens (tertiary/aromatic N) is 1. The van der Waals surface area contributed by atoms with Crippen LogP contribution in [0.4, 0.5) is 5.69 Å². The van der Waals surface area contributed by atoms with Crippen molar-refractivity contribution in [2.45, 2.75) is 26.8 Å². The number of hydrogen-bond donors (Lipinski definition) is 3. The summed E-state index contributed by atoms with van der Waals surface area (Å²) in [7, 11) is 0. The van der Waals surface area contributed by atoms with Crippen LogP contribution in [0.5, 0.6) is 0 Å². The fraction of sp³-hybridized carbons (Fsp3) is 0.500. The minimum absolute atomic E-state index is 0.0239. The first-order chi connectivity index (χ1) is 7.50. The molecule has 0 spiro atoms. The molecule has 6 heteroatoms. The van der Waals surface area contributed by atoms with Gasteiger partial charge in [0.05, 0.1) is 11.9 Å². The largest absolute Gasteiger partial charge is 0.344 e. The van der Waals surface area contributed by atoms with E-state index in [-0.39, 0.29) is 17.7 Å². The lowest BCUT2D eigenvalue weighted by molar-refractivity contribution is -0.126. The van der Waals surface area contributed by atoms with E-state index in [0.717, 1.165) is 0 Å². The fourth-order valence-corrected chi connectivity index (χ4v) is 1.29. The van der Waals surface area contributed by atoms with Crippen molar-refractivity contribution in [1.82, 2.24) is 15.5 Å². The molecule has 2 amide bonds. The molecule has 0 saturated carbocycles. The van der Waals surface area contributed by atoms with Gasteiger partial charge in [-0.1, -0.05) is 13.8 Å². The molecule has 0 saturated heterocycles. The number of anilines is 1. The van der Waals surface area contributed by atoms with Crippen LogP contribution in [-0.4, -0.2) is 28.1 Å². The van der Waals surface area contributed by atoms with Crippen molar-refractivity contribution in [1.29, 1.82) is 0 Å². The van der Waals surface area contributed by atoms with Crippen LogP contribution in [0, 0.1) is 5.92 Å². The predicted octanol–water partition coefficient (Wildman–Crippen LogP) is 0.509. The molecule has 1 aromatic heterocycles. The topological polar surface area (TPSA) is 86.9 Å². The van der Waals surface area contributed by atoms with Crippen LogP contribution in [-0.2, 0) is 9.59 Å². The van der Waals surface area contributed by atoms with Gasteiger partial charge >= 0.3 is 0 Å². The highest BCUT2D eigenvalue weighted by Gasteiger charge is 2.22. The van der Waals surface area contributed by atoms with Gasteiger partial charge in [-0.05, 0) is 5.92 Å². The van der Waals surface area contributed by atoms with Crippen molar-refractivity contribution >= 4 is 17.5 Å². The van der Waals surface area contributed by atoms with E-state index in [0.29, 0.717) is 5.69 Å². The molecule has 0 aliphatic carbocycles. The molecule has 1 aromatic rings. The van der Waals surface area contributed by atoms with Gasteiger partial charge < -0.3 is 10.6 Å². The second kappa shape index (κ2) is 5.29. The summed E-state index contributed by atoms with van der Waals surface area (Å²) in [5.41, 5.74) is 0.584. The van der Waals surface area contributed by atoms with Crippen LogP contribution in [0.15, 0.2) is 12.4 Å². The summed E-state index contributed by atoms with van der Waals surface area (Å²) in [6, 6.07) is -0.535. The summed E-state index contributed by atoms with van der Waals surface area (Å²) in [5.74, 6) is -0.441. The lowest BCUT2D eigenvalue weighted by atomic mass is 10.0. The van der Waals surface area contributed by atoms with Gasteiger partial charge in [0.25, 0.3) is 0 Å². The molecule has 1 rings (SSSR count). The first kappa shape index (κ1) is 12.2. The molecule has 0 fully saturated rings. The standard InChI is InChI=1S/C10H16N4O2/c1-6(2)9(13-7(3)15)10(16)14-8-4-11-12-5-8/h4-6,9H,1-3H3,(H,11,12)(H,13,15)(H,14,16). The maximum Gasteiger partial charge on any atom is 0.247 e. The van der Waals surface area contributed by atoms with E-state index in [9.17, 15) is 9.59 Å². The summed E-state index contributed by atoms with van der Waals surface area (Å²) < 4.78 is 0. The smallest absolute Gasteiger partial charge is 0.247 e. The van der Waals surface area contributed by atoms with E-state index in [1.54, 1.807) is 6.20 Å². The molecular weight excluding hydrogens is 208 g/mol. The van der Waals surface area contributed by atoms with Gasteiger partial charge in [0.2, 0.25) is 11.8 Å². The molecule has 0 bridgehead atoms. The highest BCUT2D eigenvalue weighted by atomic mass is 16.2. The van der Waals surface area contributed by atoms with Crippen LogP contribution in [0.25, 0.3) is 0 Å². The van der Waals surface area contributed by atoms with Crippen molar-refractivity contribution in [3.63, 3.8) is 0 Å². The maximum atomic E-state index is 11.8. The van der Waals surface area contributed by atoms with E-state index >= 15 is 0 Å². The van der Waals surface area contributed by atoms with Crippen molar-refractivity contribution in [2.24, 2.45) is 5.92 Å². The number of carbonyl (C=O) groups excluding carboxylic acids is 2. The Hall–Kier alpha value is -1.85. The quantitative estimate of drug-likeness (QED) is 0.696. The molecule has 0 aromatic carbocycles. The summed E-state index contributed by atoms with van der Waals surface area (Å²) in [6.45, 7) is 5.13. The fourth-order valence-electron chi connectivity index (χ4n) is 1.29. The van der Waals surface area contributed by atoms with E-state index in [1.165, 1.54) is 13.1 Å². The number of carbonyl (C=O) groups is 2. The Balaban J connectivity index is 2.64. The van der Waals surface area contributed by atoms with Gasteiger partial charge in [0.1, 0.15) is 6.04 Å². The van der Waals surface area contributed by atoms with Crippen LogP contribution in [0.1, 0.15) is 20.8 Å². The van der Waals surface area contributed by atoms with Gasteiger partial charge in [-0.25, -0.2) is 0 Å². The Morgan fingerprint density at radius 1 is 1.44 bits per heavy atom. The molecule has 1 atom stereocenters. The third-order valence-corrected chi connectivity index (χ3v) is 2.07. The molecule has 6 nitrogen and oxygen atoms in total. The molecule has 0 aliphatic rings. The average molecular weight is 224 g/mol. The minimum Gasteiger partial charge on any atom is -0.344 e.